The van der Waals surface area contributed by atoms with E-state index in [1.165, 1.54) is 11.1 Å². The van der Waals surface area contributed by atoms with Crippen LogP contribution >= 0.6 is 0 Å². The van der Waals surface area contributed by atoms with E-state index in [0.717, 1.165) is 36.9 Å². The average molecular weight is 450 g/mol. The lowest BCUT2D eigenvalue weighted by Gasteiger charge is -2.46. The summed E-state index contributed by atoms with van der Waals surface area (Å²) in [6.07, 6.45) is 3.97. The third-order valence-corrected chi connectivity index (χ3v) is 7.12. The highest BCUT2D eigenvalue weighted by Crippen LogP contribution is 2.39. The minimum Gasteiger partial charge on any atom is -0.375 e. The van der Waals surface area contributed by atoms with Crippen LogP contribution in [0, 0.1) is 19.8 Å². The minimum atomic E-state index is -0.208. The number of nitrogens with zero attached hydrogens (tertiary/aromatic N) is 1. The molecule has 2 aliphatic rings. The zero-order valence-electron chi connectivity index (χ0n) is 19.7. The Kier molecular flexibility index (Phi) is 7.33. The van der Waals surface area contributed by atoms with Crippen molar-refractivity contribution in [2.45, 2.75) is 58.1 Å². The molecule has 0 aliphatic carbocycles. The van der Waals surface area contributed by atoms with Gasteiger partial charge < -0.3 is 20.3 Å². The number of benzene rings is 2. The molecule has 1 spiro atoms. The van der Waals surface area contributed by atoms with Crippen molar-refractivity contribution in [1.82, 2.24) is 10.2 Å². The lowest BCUT2D eigenvalue weighted by atomic mass is 9.78. The van der Waals surface area contributed by atoms with Crippen molar-refractivity contribution in [3.05, 3.63) is 65.2 Å². The van der Waals surface area contributed by atoms with E-state index in [1.54, 1.807) is 0 Å². The first-order valence-electron chi connectivity index (χ1n) is 12.0. The maximum atomic E-state index is 12.8. The number of hydrogen-bond acceptors (Lipinski definition) is 3. The smallest absolute Gasteiger partial charge is 0.321 e. The Balaban J connectivity index is 1.24. The highest BCUT2D eigenvalue weighted by Gasteiger charge is 2.41. The standard InChI is InChI=1S/C27H35N3O3/c1-20-8-9-24(16-21(20)2)29-26(32)30-13-11-27(12-14-30)18-23(10-15-33-27)17-25(31)28-19-22-6-4-3-5-7-22/h3-9,16,23H,10-15,17-19H2,1-2H3,(H,28,31)(H,29,32). The summed E-state index contributed by atoms with van der Waals surface area (Å²) in [6, 6.07) is 15.9. The molecule has 1 unspecified atom stereocenters. The Labute approximate surface area is 196 Å². The monoisotopic (exact) mass is 449 g/mol. The number of amides is 3. The van der Waals surface area contributed by atoms with Gasteiger partial charge >= 0.3 is 6.03 Å². The lowest BCUT2D eigenvalue weighted by Crippen LogP contribution is -2.51. The summed E-state index contributed by atoms with van der Waals surface area (Å²) < 4.78 is 6.23. The van der Waals surface area contributed by atoms with Crippen LogP contribution in [0.2, 0.25) is 0 Å². The van der Waals surface area contributed by atoms with E-state index in [9.17, 15) is 9.59 Å². The van der Waals surface area contributed by atoms with E-state index >= 15 is 0 Å². The van der Waals surface area contributed by atoms with Gasteiger partial charge in [0, 0.05) is 38.3 Å². The molecule has 33 heavy (non-hydrogen) atoms. The number of ether oxygens (including phenoxy) is 1. The Morgan fingerprint density at radius 2 is 1.82 bits per heavy atom. The van der Waals surface area contributed by atoms with Gasteiger partial charge in [-0.05, 0) is 74.3 Å². The number of carbonyl (C=O) groups is 2. The summed E-state index contributed by atoms with van der Waals surface area (Å²) in [4.78, 5) is 27.1. The highest BCUT2D eigenvalue weighted by molar-refractivity contribution is 5.89. The molecule has 2 aliphatic heterocycles. The Morgan fingerprint density at radius 1 is 1.06 bits per heavy atom. The fraction of sp³-hybridized carbons (Fsp3) is 0.481. The molecule has 0 radical (unpaired) electrons. The minimum absolute atomic E-state index is 0.0549. The van der Waals surface area contributed by atoms with Crippen LogP contribution < -0.4 is 10.6 Å². The molecule has 2 N–H and O–H groups in total. The second kappa shape index (κ2) is 10.4. The molecule has 6 heteroatoms. The van der Waals surface area contributed by atoms with Crippen LogP contribution in [0.5, 0.6) is 0 Å². The first kappa shape index (κ1) is 23.3. The predicted molar refractivity (Wildman–Crippen MR) is 130 cm³/mol. The molecule has 3 amide bonds. The van der Waals surface area contributed by atoms with Gasteiger partial charge in [-0.1, -0.05) is 36.4 Å². The van der Waals surface area contributed by atoms with Crippen LogP contribution in [0.4, 0.5) is 10.5 Å². The number of carbonyl (C=O) groups excluding carboxylic acids is 2. The zero-order chi connectivity index (χ0) is 23.3. The molecule has 2 heterocycles. The summed E-state index contributed by atoms with van der Waals surface area (Å²) in [7, 11) is 0. The summed E-state index contributed by atoms with van der Waals surface area (Å²) >= 11 is 0. The molecule has 1 atom stereocenters. The molecule has 2 aromatic rings. The Hall–Kier alpha value is -2.86. The van der Waals surface area contributed by atoms with Gasteiger partial charge in [0.15, 0.2) is 0 Å². The third kappa shape index (κ3) is 6.14. The number of aryl methyl sites for hydroxylation is 2. The number of hydrogen-bond donors (Lipinski definition) is 2. The van der Waals surface area contributed by atoms with Crippen molar-refractivity contribution >= 4 is 17.6 Å². The molecular formula is C27H35N3O3. The Morgan fingerprint density at radius 3 is 2.55 bits per heavy atom. The van der Waals surface area contributed by atoms with Gasteiger partial charge in [-0.25, -0.2) is 4.79 Å². The van der Waals surface area contributed by atoms with Gasteiger partial charge in [-0.15, -0.1) is 0 Å². The maximum absolute atomic E-state index is 12.8. The summed E-state index contributed by atoms with van der Waals surface area (Å²) in [5.41, 5.74) is 4.12. The fourth-order valence-corrected chi connectivity index (χ4v) is 4.92. The number of likely N-dealkylation sites (tertiary alicyclic amines) is 1. The van der Waals surface area contributed by atoms with Crippen LogP contribution in [0.3, 0.4) is 0 Å². The van der Waals surface area contributed by atoms with Gasteiger partial charge in [0.1, 0.15) is 0 Å². The van der Waals surface area contributed by atoms with Crippen molar-refractivity contribution < 1.29 is 14.3 Å². The van der Waals surface area contributed by atoms with Crippen LogP contribution in [0.15, 0.2) is 48.5 Å². The number of rotatable bonds is 5. The molecule has 6 nitrogen and oxygen atoms in total. The van der Waals surface area contributed by atoms with Crippen molar-refractivity contribution in [1.29, 1.82) is 0 Å². The molecule has 4 rings (SSSR count). The van der Waals surface area contributed by atoms with Crippen molar-refractivity contribution in [3.8, 4) is 0 Å². The van der Waals surface area contributed by atoms with E-state index in [-0.39, 0.29) is 17.5 Å². The van der Waals surface area contributed by atoms with Gasteiger partial charge in [-0.2, -0.15) is 0 Å². The van der Waals surface area contributed by atoms with E-state index in [2.05, 4.69) is 24.5 Å². The molecule has 2 fully saturated rings. The lowest BCUT2D eigenvalue weighted by molar-refractivity contribution is -0.133. The summed E-state index contributed by atoms with van der Waals surface area (Å²) in [5.74, 6) is 0.427. The molecule has 2 aromatic carbocycles. The molecule has 0 aromatic heterocycles. The third-order valence-electron chi connectivity index (χ3n) is 7.12. The largest absolute Gasteiger partial charge is 0.375 e. The van der Waals surface area contributed by atoms with Gasteiger partial charge in [-0.3, -0.25) is 4.79 Å². The zero-order valence-corrected chi connectivity index (χ0v) is 19.7. The topological polar surface area (TPSA) is 70.7 Å². The van der Waals surface area contributed by atoms with Crippen molar-refractivity contribution in [2.24, 2.45) is 5.92 Å². The Bertz CT molecular complexity index is 968. The summed E-state index contributed by atoms with van der Waals surface area (Å²) in [6.45, 7) is 6.71. The molecule has 0 saturated carbocycles. The first-order valence-corrected chi connectivity index (χ1v) is 12.0. The molecule has 176 valence electrons. The predicted octanol–water partition coefficient (Wildman–Crippen LogP) is 4.80. The van der Waals surface area contributed by atoms with E-state index in [4.69, 9.17) is 4.74 Å². The van der Waals surface area contributed by atoms with Crippen LogP contribution in [0.25, 0.3) is 0 Å². The normalized spacial score (nSPS) is 19.8. The van der Waals surface area contributed by atoms with Gasteiger partial charge in [0.2, 0.25) is 5.91 Å². The van der Waals surface area contributed by atoms with Crippen LogP contribution in [-0.4, -0.2) is 42.1 Å². The van der Waals surface area contributed by atoms with E-state index in [0.29, 0.717) is 38.6 Å². The fourth-order valence-electron chi connectivity index (χ4n) is 4.92. The van der Waals surface area contributed by atoms with Gasteiger partial charge in [0.05, 0.1) is 5.60 Å². The van der Waals surface area contributed by atoms with E-state index < -0.39 is 0 Å². The van der Waals surface area contributed by atoms with Gasteiger partial charge in [0.25, 0.3) is 0 Å². The molecular weight excluding hydrogens is 414 g/mol. The SMILES string of the molecule is Cc1ccc(NC(=O)N2CCC3(CC2)CC(CC(=O)NCc2ccccc2)CCO3)cc1C. The van der Waals surface area contributed by atoms with E-state index in [1.807, 2.05) is 53.4 Å². The van der Waals surface area contributed by atoms with Crippen LogP contribution in [0.1, 0.15) is 48.8 Å². The number of anilines is 1. The maximum Gasteiger partial charge on any atom is 0.321 e. The number of urea groups is 1. The summed E-state index contributed by atoms with van der Waals surface area (Å²) in [5, 5.41) is 6.08. The number of piperidine rings is 1. The number of nitrogens with one attached hydrogen (secondary N) is 2. The van der Waals surface area contributed by atoms with Crippen LogP contribution in [-0.2, 0) is 16.1 Å². The quantitative estimate of drug-likeness (QED) is 0.689. The molecule has 0 bridgehead atoms. The molecule has 2 saturated heterocycles. The second-order valence-electron chi connectivity index (χ2n) is 9.57. The highest BCUT2D eigenvalue weighted by atomic mass is 16.5. The van der Waals surface area contributed by atoms with Crippen molar-refractivity contribution in [2.75, 3.05) is 25.0 Å². The first-order chi connectivity index (χ1) is 15.9. The average Bonchev–Trinajstić information content (AvgIpc) is 2.81. The second-order valence-corrected chi connectivity index (χ2v) is 9.57. The van der Waals surface area contributed by atoms with Crippen molar-refractivity contribution in [3.63, 3.8) is 0 Å².